The van der Waals surface area contributed by atoms with Gasteiger partial charge in [0.1, 0.15) is 6.10 Å². The molecule has 3 rings (SSSR count). The highest BCUT2D eigenvalue weighted by molar-refractivity contribution is 5.76. The summed E-state index contributed by atoms with van der Waals surface area (Å²) in [5.74, 6) is 0.128. The lowest BCUT2D eigenvalue weighted by Gasteiger charge is -2.43. The minimum Gasteiger partial charge on any atom is -0.389 e. The lowest BCUT2D eigenvalue weighted by Crippen LogP contribution is -2.60. The first-order chi connectivity index (χ1) is 11.5. The number of amides is 1. The molecule has 1 aromatic rings. The summed E-state index contributed by atoms with van der Waals surface area (Å²) in [6, 6.07) is 1.73. The summed E-state index contributed by atoms with van der Waals surface area (Å²) >= 11 is 0. The van der Waals surface area contributed by atoms with Crippen molar-refractivity contribution < 1.29 is 19.7 Å². The first-order valence-electron chi connectivity index (χ1n) is 8.50. The number of aliphatic hydroxyl groups is 2. The van der Waals surface area contributed by atoms with Gasteiger partial charge < -0.3 is 19.8 Å². The average molecular weight is 338 g/mol. The summed E-state index contributed by atoms with van der Waals surface area (Å²) in [5.41, 5.74) is 0.950. The Balaban J connectivity index is 1.45. The number of carbonyl (C=O) groups is 1. The number of aliphatic hydroxyl groups excluding tert-OH is 2. The van der Waals surface area contributed by atoms with E-state index in [-0.39, 0.29) is 18.6 Å². The van der Waals surface area contributed by atoms with E-state index in [2.05, 4.69) is 10.00 Å². The summed E-state index contributed by atoms with van der Waals surface area (Å²) in [6.07, 6.45) is 0.704. The van der Waals surface area contributed by atoms with Gasteiger partial charge in [-0.05, 0) is 13.0 Å². The summed E-state index contributed by atoms with van der Waals surface area (Å²) in [6.45, 7) is 5.77. The van der Waals surface area contributed by atoms with Crippen molar-refractivity contribution in [2.75, 3.05) is 39.4 Å². The van der Waals surface area contributed by atoms with E-state index in [0.717, 1.165) is 5.69 Å². The van der Waals surface area contributed by atoms with Crippen molar-refractivity contribution in [2.45, 2.75) is 38.1 Å². The van der Waals surface area contributed by atoms with Gasteiger partial charge in [-0.1, -0.05) is 0 Å². The fraction of sp³-hybridized carbons (Fsp3) is 0.750. The number of hydrogen-bond donors (Lipinski definition) is 2. The maximum Gasteiger partial charge on any atom is 0.224 e. The summed E-state index contributed by atoms with van der Waals surface area (Å²) in [4.78, 5) is 16.3. The molecule has 24 heavy (non-hydrogen) atoms. The van der Waals surface area contributed by atoms with E-state index in [1.807, 2.05) is 24.1 Å². The van der Waals surface area contributed by atoms with Crippen molar-refractivity contribution in [2.24, 2.45) is 0 Å². The van der Waals surface area contributed by atoms with E-state index in [4.69, 9.17) is 4.74 Å². The number of piperazine rings is 1. The van der Waals surface area contributed by atoms with Crippen LogP contribution < -0.4 is 0 Å². The zero-order valence-corrected chi connectivity index (χ0v) is 14.0. The molecule has 2 aliphatic rings. The van der Waals surface area contributed by atoms with Gasteiger partial charge in [0.25, 0.3) is 0 Å². The van der Waals surface area contributed by atoms with Gasteiger partial charge in [0.05, 0.1) is 31.1 Å². The fourth-order valence-electron chi connectivity index (χ4n) is 3.34. The molecule has 8 heteroatoms. The van der Waals surface area contributed by atoms with Crippen LogP contribution in [0.15, 0.2) is 12.3 Å². The molecule has 2 aliphatic heterocycles. The highest BCUT2D eigenvalue weighted by Crippen LogP contribution is 2.17. The number of aromatic nitrogens is 2. The van der Waals surface area contributed by atoms with Crippen molar-refractivity contribution in [3.63, 3.8) is 0 Å². The Hall–Kier alpha value is -1.48. The van der Waals surface area contributed by atoms with Crippen LogP contribution in [-0.2, 0) is 16.1 Å². The third-order valence-electron chi connectivity index (χ3n) is 4.83. The quantitative estimate of drug-likeness (QED) is 0.720. The predicted octanol–water partition coefficient (Wildman–Crippen LogP) is -1.15. The Morgan fingerprint density at radius 2 is 2.04 bits per heavy atom. The second-order valence-electron chi connectivity index (χ2n) is 6.55. The summed E-state index contributed by atoms with van der Waals surface area (Å²) < 4.78 is 7.13. The topological polar surface area (TPSA) is 91.1 Å². The van der Waals surface area contributed by atoms with Crippen molar-refractivity contribution in [3.8, 4) is 0 Å². The molecule has 134 valence electrons. The lowest BCUT2D eigenvalue weighted by atomic mass is 10.0. The van der Waals surface area contributed by atoms with E-state index in [9.17, 15) is 15.0 Å². The van der Waals surface area contributed by atoms with Crippen LogP contribution in [0.1, 0.15) is 12.1 Å². The molecule has 0 aliphatic carbocycles. The van der Waals surface area contributed by atoms with E-state index < -0.39 is 12.2 Å². The van der Waals surface area contributed by atoms with Gasteiger partial charge in [-0.25, -0.2) is 0 Å². The Morgan fingerprint density at radius 3 is 2.71 bits per heavy atom. The van der Waals surface area contributed by atoms with Gasteiger partial charge in [-0.2, -0.15) is 5.10 Å². The number of ether oxygens (including phenoxy) is 1. The van der Waals surface area contributed by atoms with E-state index >= 15 is 0 Å². The zero-order valence-electron chi connectivity index (χ0n) is 14.0. The summed E-state index contributed by atoms with van der Waals surface area (Å²) in [5, 5.41) is 24.1. The van der Waals surface area contributed by atoms with Crippen LogP contribution >= 0.6 is 0 Å². The van der Waals surface area contributed by atoms with Crippen molar-refractivity contribution in [1.29, 1.82) is 0 Å². The zero-order chi connectivity index (χ0) is 17.1. The van der Waals surface area contributed by atoms with Crippen LogP contribution in [0.25, 0.3) is 0 Å². The van der Waals surface area contributed by atoms with Crippen molar-refractivity contribution in [3.05, 3.63) is 18.0 Å². The number of hydrogen-bond acceptors (Lipinski definition) is 6. The third kappa shape index (κ3) is 3.94. The Morgan fingerprint density at radius 1 is 1.29 bits per heavy atom. The number of nitrogens with zero attached hydrogens (tertiary/aromatic N) is 4. The molecule has 3 heterocycles. The molecule has 2 saturated heterocycles. The molecule has 1 aromatic heterocycles. The summed E-state index contributed by atoms with van der Waals surface area (Å²) in [7, 11) is 0. The van der Waals surface area contributed by atoms with Gasteiger partial charge in [-0.15, -0.1) is 0 Å². The van der Waals surface area contributed by atoms with Crippen LogP contribution in [0.4, 0.5) is 0 Å². The van der Waals surface area contributed by atoms with Gasteiger partial charge in [0.15, 0.2) is 0 Å². The normalized spacial score (nSPS) is 29.0. The largest absolute Gasteiger partial charge is 0.389 e. The van der Waals surface area contributed by atoms with E-state index in [1.54, 1.807) is 4.68 Å². The van der Waals surface area contributed by atoms with E-state index in [1.165, 1.54) is 0 Å². The first kappa shape index (κ1) is 17.3. The minimum atomic E-state index is -0.832. The Bertz CT molecular complexity index is 556. The highest BCUT2D eigenvalue weighted by Gasteiger charge is 2.36. The molecule has 2 fully saturated rings. The Kier molecular flexibility index (Phi) is 5.50. The van der Waals surface area contributed by atoms with Gasteiger partial charge >= 0.3 is 0 Å². The van der Waals surface area contributed by atoms with Gasteiger partial charge in [0.2, 0.25) is 5.91 Å². The van der Waals surface area contributed by atoms with Crippen LogP contribution in [0.2, 0.25) is 0 Å². The molecule has 2 N–H and O–H groups in total. The predicted molar refractivity (Wildman–Crippen MR) is 86.4 cm³/mol. The average Bonchev–Trinajstić information content (AvgIpc) is 3.01. The number of carbonyl (C=O) groups excluding carboxylic acids is 1. The molecule has 1 amide bonds. The third-order valence-corrected chi connectivity index (χ3v) is 4.83. The molecule has 3 atom stereocenters. The molecular weight excluding hydrogens is 312 g/mol. The van der Waals surface area contributed by atoms with Crippen LogP contribution in [0, 0.1) is 6.92 Å². The monoisotopic (exact) mass is 338 g/mol. The van der Waals surface area contributed by atoms with Gasteiger partial charge in [-0.3, -0.25) is 14.4 Å². The molecule has 8 nitrogen and oxygen atoms in total. The maximum absolute atomic E-state index is 12.3. The number of aryl methyl sites for hydroxylation is 2. The van der Waals surface area contributed by atoms with Crippen LogP contribution in [0.3, 0.4) is 0 Å². The highest BCUT2D eigenvalue weighted by atomic mass is 16.5. The Labute approximate surface area is 141 Å². The van der Waals surface area contributed by atoms with Crippen LogP contribution in [-0.4, -0.2) is 93.3 Å². The molecule has 0 unspecified atom stereocenters. The molecule has 0 aromatic carbocycles. The molecular formula is C16H26N4O4. The minimum absolute atomic E-state index is 0.128. The second-order valence-corrected chi connectivity index (χ2v) is 6.55. The maximum atomic E-state index is 12.3. The molecule has 0 spiro atoms. The standard InChI is InChI=1S/C16H26N4O4/c1-12-2-4-20(17-12)5-3-15(22)19-8-6-18(7-9-19)13-10-24-11-14(21)16(13)23/h2,4,13-14,16,21,23H,3,5-11H2,1H3/t13-,14-,16+/m1/s1. The fourth-order valence-corrected chi connectivity index (χ4v) is 3.34. The second kappa shape index (κ2) is 7.60. The smallest absolute Gasteiger partial charge is 0.224 e. The SMILES string of the molecule is Cc1ccn(CCC(=O)N2CCN([C@@H]3COC[C@@H](O)[C@H]3O)CC2)n1. The van der Waals surface area contributed by atoms with Crippen LogP contribution in [0.5, 0.6) is 0 Å². The van der Waals surface area contributed by atoms with Gasteiger partial charge in [0, 0.05) is 45.3 Å². The first-order valence-corrected chi connectivity index (χ1v) is 8.50. The van der Waals surface area contributed by atoms with E-state index in [0.29, 0.717) is 45.8 Å². The van der Waals surface area contributed by atoms with Crippen molar-refractivity contribution >= 4 is 5.91 Å². The molecule has 0 bridgehead atoms. The molecule has 0 saturated carbocycles. The molecule has 0 radical (unpaired) electrons. The van der Waals surface area contributed by atoms with Crippen molar-refractivity contribution in [1.82, 2.24) is 19.6 Å². The number of rotatable bonds is 4. The lowest BCUT2D eigenvalue weighted by molar-refractivity contribution is -0.145.